The second-order valence-electron chi connectivity index (χ2n) is 4.04. The number of carbonyl (C=O) groups is 1. The standard InChI is InChI=1S/C12H18N4OS/c1-4-16(8-10(17)15(2)3)12-9(11(13)18)6-5-7-14-12/h5-7H,4,8H2,1-3H3,(H2,13,18). The summed E-state index contributed by atoms with van der Waals surface area (Å²) in [7, 11) is 3.45. The smallest absolute Gasteiger partial charge is 0.241 e. The molecule has 0 radical (unpaired) electrons. The van der Waals surface area contributed by atoms with Crippen LogP contribution in [0.5, 0.6) is 0 Å². The molecule has 18 heavy (non-hydrogen) atoms. The van der Waals surface area contributed by atoms with Crippen LogP contribution < -0.4 is 10.6 Å². The number of anilines is 1. The number of rotatable bonds is 5. The van der Waals surface area contributed by atoms with Crippen molar-refractivity contribution < 1.29 is 4.79 Å². The molecule has 0 spiro atoms. The highest BCUT2D eigenvalue weighted by Crippen LogP contribution is 2.16. The van der Waals surface area contributed by atoms with E-state index in [4.69, 9.17) is 18.0 Å². The molecule has 0 atom stereocenters. The van der Waals surface area contributed by atoms with Crippen molar-refractivity contribution in [3.8, 4) is 0 Å². The van der Waals surface area contributed by atoms with Gasteiger partial charge in [0.1, 0.15) is 10.8 Å². The predicted octanol–water partition coefficient (Wildman–Crippen LogP) is 0.630. The third-order valence-electron chi connectivity index (χ3n) is 2.56. The predicted molar refractivity (Wildman–Crippen MR) is 76.7 cm³/mol. The lowest BCUT2D eigenvalue weighted by atomic mass is 10.2. The minimum atomic E-state index is 0.0105. The van der Waals surface area contributed by atoms with Crippen molar-refractivity contribution in [2.45, 2.75) is 6.92 Å². The van der Waals surface area contributed by atoms with Crippen LogP contribution >= 0.6 is 12.2 Å². The number of amides is 1. The zero-order valence-corrected chi connectivity index (χ0v) is 11.7. The molecule has 2 N–H and O–H groups in total. The summed E-state index contributed by atoms with van der Waals surface area (Å²) in [6.45, 7) is 2.88. The van der Waals surface area contributed by atoms with E-state index >= 15 is 0 Å². The largest absolute Gasteiger partial charge is 0.389 e. The second kappa shape index (κ2) is 6.30. The monoisotopic (exact) mass is 266 g/mol. The van der Waals surface area contributed by atoms with E-state index < -0.39 is 0 Å². The van der Waals surface area contributed by atoms with E-state index in [1.807, 2.05) is 17.9 Å². The van der Waals surface area contributed by atoms with E-state index in [1.54, 1.807) is 31.3 Å². The van der Waals surface area contributed by atoms with Gasteiger partial charge in [-0.1, -0.05) is 12.2 Å². The Bertz CT molecular complexity index is 447. The Kier molecular flexibility index (Phi) is 5.03. The summed E-state index contributed by atoms with van der Waals surface area (Å²) in [5.41, 5.74) is 6.36. The third-order valence-corrected chi connectivity index (χ3v) is 2.78. The molecule has 0 aromatic carbocycles. The van der Waals surface area contributed by atoms with Crippen LogP contribution in [-0.4, -0.2) is 48.0 Å². The van der Waals surface area contributed by atoms with E-state index in [0.29, 0.717) is 17.9 Å². The molecule has 1 heterocycles. The average Bonchev–Trinajstić information content (AvgIpc) is 2.35. The lowest BCUT2D eigenvalue weighted by molar-refractivity contribution is -0.127. The average molecular weight is 266 g/mol. The van der Waals surface area contributed by atoms with Gasteiger partial charge < -0.3 is 15.5 Å². The van der Waals surface area contributed by atoms with Crippen LogP contribution in [-0.2, 0) is 4.79 Å². The Morgan fingerprint density at radius 3 is 2.67 bits per heavy atom. The maximum atomic E-state index is 11.8. The second-order valence-corrected chi connectivity index (χ2v) is 4.48. The fraction of sp³-hybridized carbons (Fsp3) is 0.417. The van der Waals surface area contributed by atoms with Crippen molar-refractivity contribution in [2.75, 3.05) is 32.1 Å². The van der Waals surface area contributed by atoms with Gasteiger partial charge in [-0.25, -0.2) is 4.98 Å². The maximum absolute atomic E-state index is 11.8. The van der Waals surface area contributed by atoms with Crippen LogP contribution in [0.25, 0.3) is 0 Å². The molecule has 0 aliphatic carbocycles. The molecule has 0 fully saturated rings. The number of carbonyl (C=O) groups excluding carboxylic acids is 1. The first-order valence-electron chi connectivity index (χ1n) is 5.67. The number of likely N-dealkylation sites (N-methyl/N-ethyl adjacent to an activating group) is 2. The van der Waals surface area contributed by atoms with Gasteiger partial charge in [-0.3, -0.25) is 4.79 Å². The quantitative estimate of drug-likeness (QED) is 0.792. The topological polar surface area (TPSA) is 62.5 Å². The minimum absolute atomic E-state index is 0.0105. The van der Waals surface area contributed by atoms with Crippen LogP contribution in [0, 0.1) is 0 Å². The Morgan fingerprint density at radius 1 is 1.50 bits per heavy atom. The fourth-order valence-corrected chi connectivity index (χ4v) is 1.64. The normalized spacial score (nSPS) is 9.94. The van der Waals surface area contributed by atoms with Crippen molar-refractivity contribution in [1.29, 1.82) is 0 Å². The molecular formula is C12H18N4OS. The zero-order chi connectivity index (χ0) is 13.7. The molecule has 0 saturated heterocycles. The van der Waals surface area contributed by atoms with Crippen molar-refractivity contribution in [3.05, 3.63) is 23.9 Å². The molecule has 1 amide bonds. The Hall–Kier alpha value is -1.69. The van der Waals surface area contributed by atoms with Gasteiger partial charge in [-0.2, -0.15) is 0 Å². The van der Waals surface area contributed by atoms with Crippen LogP contribution in [0.2, 0.25) is 0 Å². The van der Waals surface area contributed by atoms with Gasteiger partial charge in [0.15, 0.2) is 0 Å². The summed E-state index contributed by atoms with van der Waals surface area (Å²) in [4.78, 5) is 19.7. The van der Waals surface area contributed by atoms with Crippen molar-refractivity contribution in [1.82, 2.24) is 9.88 Å². The van der Waals surface area contributed by atoms with Gasteiger partial charge in [0.25, 0.3) is 0 Å². The van der Waals surface area contributed by atoms with Crippen LogP contribution in [0.1, 0.15) is 12.5 Å². The molecule has 1 rings (SSSR count). The van der Waals surface area contributed by atoms with Crippen molar-refractivity contribution >= 4 is 28.9 Å². The van der Waals surface area contributed by atoms with Crippen LogP contribution in [0.15, 0.2) is 18.3 Å². The Labute approximate surface area is 113 Å². The summed E-state index contributed by atoms with van der Waals surface area (Å²) >= 11 is 5.00. The summed E-state index contributed by atoms with van der Waals surface area (Å²) in [6, 6.07) is 3.59. The van der Waals surface area contributed by atoms with Crippen molar-refractivity contribution in [2.24, 2.45) is 5.73 Å². The number of nitrogens with two attached hydrogens (primary N) is 1. The number of aromatic nitrogens is 1. The van der Waals surface area contributed by atoms with E-state index in [9.17, 15) is 4.79 Å². The minimum Gasteiger partial charge on any atom is -0.389 e. The molecule has 6 heteroatoms. The van der Waals surface area contributed by atoms with Crippen molar-refractivity contribution in [3.63, 3.8) is 0 Å². The number of hydrogen-bond acceptors (Lipinski definition) is 4. The summed E-state index contributed by atoms with van der Waals surface area (Å²) in [5, 5.41) is 0. The van der Waals surface area contributed by atoms with Gasteiger partial charge in [-0.05, 0) is 19.1 Å². The van der Waals surface area contributed by atoms with Crippen LogP contribution in [0.3, 0.4) is 0 Å². The molecule has 0 saturated carbocycles. The van der Waals surface area contributed by atoms with Gasteiger partial charge in [0.2, 0.25) is 5.91 Å². The maximum Gasteiger partial charge on any atom is 0.241 e. The van der Waals surface area contributed by atoms with E-state index in [2.05, 4.69) is 4.98 Å². The highest BCUT2D eigenvalue weighted by atomic mass is 32.1. The third kappa shape index (κ3) is 3.40. The van der Waals surface area contributed by atoms with Gasteiger partial charge in [0, 0.05) is 26.8 Å². The Balaban J connectivity index is 3.02. The summed E-state index contributed by atoms with van der Waals surface area (Å²) in [6.07, 6.45) is 1.67. The summed E-state index contributed by atoms with van der Waals surface area (Å²) < 4.78 is 0. The zero-order valence-electron chi connectivity index (χ0n) is 10.9. The number of nitrogens with zero attached hydrogens (tertiary/aromatic N) is 3. The van der Waals surface area contributed by atoms with Gasteiger partial charge in [-0.15, -0.1) is 0 Å². The first kappa shape index (κ1) is 14.4. The SMILES string of the molecule is CCN(CC(=O)N(C)C)c1ncccc1C(N)=S. The first-order chi connectivity index (χ1) is 8.47. The first-order valence-corrected chi connectivity index (χ1v) is 6.08. The lowest BCUT2D eigenvalue weighted by Gasteiger charge is -2.24. The van der Waals surface area contributed by atoms with E-state index in [-0.39, 0.29) is 17.4 Å². The number of thiocarbonyl (C=S) groups is 1. The number of hydrogen-bond donors (Lipinski definition) is 1. The van der Waals surface area contributed by atoms with E-state index in [0.717, 1.165) is 0 Å². The Morgan fingerprint density at radius 2 is 2.17 bits per heavy atom. The van der Waals surface area contributed by atoms with Gasteiger partial charge in [0.05, 0.1) is 12.1 Å². The molecule has 98 valence electrons. The highest BCUT2D eigenvalue weighted by molar-refractivity contribution is 7.80. The molecule has 1 aromatic heterocycles. The molecule has 0 aliphatic heterocycles. The number of pyridine rings is 1. The highest BCUT2D eigenvalue weighted by Gasteiger charge is 2.16. The van der Waals surface area contributed by atoms with Gasteiger partial charge >= 0.3 is 0 Å². The summed E-state index contributed by atoms with van der Waals surface area (Å²) in [5.74, 6) is 0.666. The van der Waals surface area contributed by atoms with E-state index in [1.165, 1.54) is 0 Å². The fourth-order valence-electron chi connectivity index (χ4n) is 1.48. The molecule has 0 unspecified atom stereocenters. The molecular weight excluding hydrogens is 248 g/mol. The molecule has 1 aromatic rings. The molecule has 0 aliphatic rings. The molecule has 5 nitrogen and oxygen atoms in total. The lowest BCUT2D eigenvalue weighted by Crippen LogP contribution is -2.38. The van der Waals surface area contributed by atoms with Crippen LogP contribution in [0.4, 0.5) is 5.82 Å². The molecule has 0 bridgehead atoms.